The van der Waals surface area contributed by atoms with Crippen LogP contribution < -0.4 is 5.32 Å². The second-order valence-electron chi connectivity index (χ2n) is 6.17. The maximum absolute atomic E-state index is 12.3. The molecule has 7 heteroatoms. The number of non-ortho nitro benzene ring substituents is 1. The van der Waals surface area contributed by atoms with E-state index < -0.39 is 16.8 Å². The molecular formula is C21H16N2O5. The van der Waals surface area contributed by atoms with E-state index in [0.717, 1.165) is 28.5 Å². The van der Waals surface area contributed by atoms with Crippen LogP contribution in [0.4, 0.5) is 11.4 Å². The highest BCUT2D eigenvalue weighted by Crippen LogP contribution is 2.24. The number of hydrogen-bond acceptors (Lipinski definition) is 4. The van der Waals surface area contributed by atoms with E-state index in [-0.39, 0.29) is 16.9 Å². The van der Waals surface area contributed by atoms with Crippen molar-refractivity contribution in [1.29, 1.82) is 0 Å². The molecule has 0 aromatic heterocycles. The standard InChI is InChI=1S/C21H16N2O5/c1-13(15-7-6-14-4-2-3-5-16(14)11-15)10-20(24)22-19-9-8-17(23(27)28)12-18(19)21(25)26/h2-12H,1H3,(H,22,24)(H,25,26). The molecule has 0 fully saturated rings. The van der Waals surface area contributed by atoms with Crippen LogP contribution >= 0.6 is 0 Å². The molecule has 1 amide bonds. The largest absolute Gasteiger partial charge is 0.478 e. The van der Waals surface area contributed by atoms with E-state index in [0.29, 0.717) is 5.57 Å². The van der Waals surface area contributed by atoms with Crippen LogP contribution in [0.15, 0.2) is 66.7 Å². The Morgan fingerprint density at radius 1 is 1.04 bits per heavy atom. The second kappa shape index (κ2) is 7.71. The molecule has 0 aliphatic rings. The Bertz CT molecular complexity index is 1130. The normalized spacial score (nSPS) is 11.2. The first-order valence-corrected chi connectivity index (χ1v) is 8.35. The number of nitro benzene ring substituents is 1. The van der Waals surface area contributed by atoms with Crippen molar-refractivity contribution in [1.82, 2.24) is 0 Å². The van der Waals surface area contributed by atoms with E-state index in [1.54, 1.807) is 6.92 Å². The number of anilines is 1. The van der Waals surface area contributed by atoms with Gasteiger partial charge in [0.05, 0.1) is 16.2 Å². The number of carboxylic acids is 1. The number of nitrogens with zero attached hydrogens (tertiary/aromatic N) is 1. The Morgan fingerprint density at radius 2 is 1.75 bits per heavy atom. The first-order chi connectivity index (χ1) is 13.3. The molecule has 0 saturated heterocycles. The molecule has 0 bridgehead atoms. The smallest absolute Gasteiger partial charge is 0.338 e. The topological polar surface area (TPSA) is 110 Å². The molecule has 28 heavy (non-hydrogen) atoms. The average molecular weight is 376 g/mol. The van der Waals surface area contributed by atoms with Gasteiger partial charge in [0, 0.05) is 18.2 Å². The minimum Gasteiger partial charge on any atom is -0.478 e. The quantitative estimate of drug-likeness (QED) is 0.387. The highest BCUT2D eigenvalue weighted by Gasteiger charge is 2.17. The van der Waals surface area contributed by atoms with Gasteiger partial charge in [-0.2, -0.15) is 0 Å². The third-order valence-electron chi connectivity index (χ3n) is 4.25. The number of amides is 1. The zero-order valence-corrected chi connectivity index (χ0v) is 14.9. The molecule has 2 N–H and O–H groups in total. The van der Waals surface area contributed by atoms with Gasteiger partial charge < -0.3 is 10.4 Å². The summed E-state index contributed by atoms with van der Waals surface area (Å²) in [4.78, 5) is 33.8. The number of aromatic carboxylic acids is 1. The van der Waals surface area contributed by atoms with Gasteiger partial charge in [-0.05, 0) is 41.0 Å². The number of nitrogens with one attached hydrogen (secondary N) is 1. The summed E-state index contributed by atoms with van der Waals surface area (Å²) in [6.45, 7) is 1.78. The summed E-state index contributed by atoms with van der Waals surface area (Å²) in [6.07, 6.45) is 1.36. The lowest BCUT2D eigenvalue weighted by Gasteiger charge is -2.08. The molecule has 0 aliphatic carbocycles. The monoisotopic (exact) mass is 376 g/mol. The molecule has 7 nitrogen and oxygen atoms in total. The van der Waals surface area contributed by atoms with Crippen LogP contribution in [0.25, 0.3) is 16.3 Å². The Kier molecular flexibility index (Phi) is 5.17. The molecule has 0 heterocycles. The lowest BCUT2D eigenvalue weighted by molar-refractivity contribution is -0.384. The lowest BCUT2D eigenvalue weighted by atomic mass is 10.0. The zero-order chi connectivity index (χ0) is 20.3. The summed E-state index contributed by atoms with van der Waals surface area (Å²) < 4.78 is 0. The van der Waals surface area contributed by atoms with E-state index in [4.69, 9.17) is 0 Å². The molecule has 0 aliphatic heterocycles. The van der Waals surface area contributed by atoms with Crippen LogP contribution in [0.2, 0.25) is 0 Å². The fourth-order valence-corrected chi connectivity index (χ4v) is 2.82. The predicted molar refractivity (Wildman–Crippen MR) is 106 cm³/mol. The van der Waals surface area contributed by atoms with Crippen molar-refractivity contribution in [3.05, 3.63) is 88.0 Å². The van der Waals surface area contributed by atoms with Gasteiger partial charge in [0.1, 0.15) is 0 Å². The van der Waals surface area contributed by atoms with Crippen molar-refractivity contribution in [2.24, 2.45) is 0 Å². The Morgan fingerprint density at radius 3 is 2.43 bits per heavy atom. The third kappa shape index (κ3) is 4.04. The molecule has 140 valence electrons. The number of carbonyl (C=O) groups excluding carboxylic acids is 1. The Labute approximate surface area is 160 Å². The molecule has 0 atom stereocenters. The molecule has 3 aromatic rings. The minimum absolute atomic E-state index is 0.00865. The Balaban J connectivity index is 1.86. The van der Waals surface area contributed by atoms with Gasteiger partial charge in [0.25, 0.3) is 5.69 Å². The first kappa shape index (κ1) is 18.8. The summed E-state index contributed by atoms with van der Waals surface area (Å²) in [6, 6.07) is 16.9. The van der Waals surface area contributed by atoms with Gasteiger partial charge in [0.15, 0.2) is 0 Å². The molecule has 0 saturated carbocycles. The van der Waals surface area contributed by atoms with Crippen LogP contribution in [0.1, 0.15) is 22.8 Å². The number of nitro groups is 1. The lowest BCUT2D eigenvalue weighted by Crippen LogP contribution is -2.13. The predicted octanol–water partition coefficient (Wildman–Crippen LogP) is 4.49. The average Bonchev–Trinajstić information content (AvgIpc) is 2.67. The van der Waals surface area contributed by atoms with Gasteiger partial charge in [-0.25, -0.2) is 4.79 Å². The summed E-state index contributed by atoms with van der Waals surface area (Å²) in [5.41, 5.74) is 0.835. The first-order valence-electron chi connectivity index (χ1n) is 8.35. The summed E-state index contributed by atoms with van der Waals surface area (Å²) in [5.74, 6) is -1.89. The number of hydrogen-bond donors (Lipinski definition) is 2. The zero-order valence-electron chi connectivity index (χ0n) is 14.9. The SMILES string of the molecule is CC(=CC(=O)Nc1ccc([N+](=O)[O-])cc1C(=O)O)c1ccc2ccccc2c1. The maximum Gasteiger partial charge on any atom is 0.338 e. The number of allylic oxidation sites excluding steroid dienone is 1. The number of rotatable bonds is 5. The van der Waals surface area contributed by atoms with Crippen molar-refractivity contribution >= 4 is 39.6 Å². The molecule has 3 rings (SSSR count). The molecular weight excluding hydrogens is 360 g/mol. The van der Waals surface area contributed by atoms with Crippen molar-refractivity contribution in [2.75, 3.05) is 5.32 Å². The molecule has 0 spiro atoms. The van der Waals surface area contributed by atoms with Crippen molar-refractivity contribution in [3.8, 4) is 0 Å². The summed E-state index contributed by atoms with van der Waals surface area (Å²) in [7, 11) is 0. The highest BCUT2D eigenvalue weighted by molar-refractivity contribution is 6.07. The number of fused-ring (bicyclic) bond motifs is 1. The fourth-order valence-electron chi connectivity index (χ4n) is 2.82. The van der Waals surface area contributed by atoms with Crippen molar-refractivity contribution < 1.29 is 19.6 Å². The summed E-state index contributed by atoms with van der Waals surface area (Å²) in [5, 5.41) is 24.7. The van der Waals surface area contributed by atoms with Crippen LogP contribution in [0, 0.1) is 10.1 Å². The minimum atomic E-state index is -1.37. The number of benzene rings is 3. The maximum atomic E-state index is 12.3. The molecule has 0 unspecified atom stereocenters. The molecule has 0 radical (unpaired) electrons. The number of carboxylic acid groups (broad SMARTS) is 1. The van der Waals surface area contributed by atoms with E-state index >= 15 is 0 Å². The molecule has 3 aromatic carbocycles. The van der Waals surface area contributed by atoms with Crippen molar-refractivity contribution in [3.63, 3.8) is 0 Å². The number of carbonyl (C=O) groups is 2. The van der Waals surface area contributed by atoms with Gasteiger partial charge in [-0.1, -0.05) is 36.4 Å². The van der Waals surface area contributed by atoms with Crippen LogP contribution in [0.3, 0.4) is 0 Å². The van der Waals surface area contributed by atoms with Gasteiger partial charge in [0.2, 0.25) is 5.91 Å². The van der Waals surface area contributed by atoms with E-state index in [1.165, 1.54) is 12.1 Å². The van der Waals surface area contributed by atoms with Crippen LogP contribution in [0.5, 0.6) is 0 Å². The van der Waals surface area contributed by atoms with Crippen LogP contribution in [-0.2, 0) is 4.79 Å². The van der Waals surface area contributed by atoms with Gasteiger partial charge >= 0.3 is 5.97 Å². The second-order valence-corrected chi connectivity index (χ2v) is 6.17. The fraction of sp³-hybridized carbons (Fsp3) is 0.0476. The van der Waals surface area contributed by atoms with Crippen LogP contribution in [-0.4, -0.2) is 21.9 Å². The highest BCUT2D eigenvalue weighted by atomic mass is 16.6. The van der Waals surface area contributed by atoms with E-state index in [2.05, 4.69) is 5.32 Å². The summed E-state index contributed by atoms with van der Waals surface area (Å²) >= 11 is 0. The Hall–Kier alpha value is -4.00. The van der Waals surface area contributed by atoms with Gasteiger partial charge in [-0.15, -0.1) is 0 Å². The van der Waals surface area contributed by atoms with Gasteiger partial charge in [-0.3, -0.25) is 14.9 Å². The van der Waals surface area contributed by atoms with E-state index in [9.17, 15) is 24.8 Å². The third-order valence-corrected chi connectivity index (χ3v) is 4.25. The van der Waals surface area contributed by atoms with Crippen molar-refractivity contribution in [2.45, 2.75) is 6.92 Å². The van der Waals surface area contributed by atoms with E-state index in [1.807, 2.05) is 42.5 Å².